The van der Waals surface area contributed by atoms with E-state index < -0.39 is 0 Å². The molecule has 1 saturated heterocycles. The van der Waals surface area contributed by atoms with E-state index in [-0.39, 0.29) is 24.0 Å². The van der Waals surface area contributed by atoms with Gasteiger partial charge in [-0.15, -0.1) is 0 Å². The van der Waals surface area contributed by atoms with Crippen LogP contribution in [0.1, 0.15) is 5.56 Å². The number of benzene rings is 3. The molecule has 1 aliphatic rings. The van der Waals surface area contributed by atoms with Crippen LogP contribution in [0.5, 0.6) is 28.7 Å². The number of carbonyl (C=O) groups excluding carboxylic acids is 1. The van der Waals surface area contributed by atoms with Crippen LogP contribution in [-0.2, 0) is 11.3 Å². The average molecular weight is 613 g/mol. The molecule has 1 amide bonds. The molecule has 12 heteroatoms. The first-order valence-electron chi connectivity index (χ1n) is 13.3. The number of ether oxygens (including phenoxy) is 4. The Morgan fingerprint density at radius 3 is 2.07 bits per heavy atom. The lowest BCUT2D eigenvalue weighted by Gasteiger charge is -2.37. The van der Waals surface area contributed by atoms with Crippen molar-refractivity contribution in [1.82, 2.24) is 4.90 Å². The third-order valence-electron chi connectivity index (χ3n) is 6.96. The van der Waals surface area contributed by atoms with Crippen LogP contribution in [0, 0.1) is 0 Å². The fraction of sp³-hybridized carbons (Fsp3) is 0.333. The topological polar surface area (TPSA) is 110 Å². The fourth-order valence-corrected chi connectivity index (χ4v) is 5.82. The highest BCUT2D eigenvalue weighted by molar-refractivity contribution is 8.23. The van der Waals surface area contributed by atoms with E-state index in [1.807, 2.05) is 24.3 Å². The summed E-state index contributed by atoms with van der Waals surface area (Å²) in [7, 11) is 6.06. The molecule has 1 fully saturated rings. The van der Waals surface area contributed by atoms with Crippen molar-refractivity contribution < 1.29 is 28.8 Å². The number of amides is 1. The number of thioether (sulfide) groups is 1. The molecule has 0 aliphatic carbocycles. The highest BCUT2D eigenvalue weighted by Crippen LogP contribution is 2.41. The van der Waals surface area contributed by atoms with Gasteiger partial charge in [-0.2, -0.15) is 0 Å². The first-order valence-corrected chi connectivity index (χ1v) is 14.7. The number of nitrogens with zero attached hydrogens (tertiary/aromatic N) is 3. The van der Waals surface area contributed by atoms with E-state index in [2.05, 4.69) is 9.80 Å². The number of carbonyl (C=O) groups is 1. The number of hydrogen-bond donors (Lipinski definition) is 2. The maximum atomic E-state index is 13.8. The Morgan fingerprint density at radius 1 is 0.905 bits per heavy atom. The van der Waals surface area contributed by atoms with Crippen LogP contribution in [0.15, 0.2) is 54.6 Å². The van der Waals surface area contributed by atoms with Crippen LogP contribution in [-0.4, -0.2) is 80.6 Å². The molecule has 3 N–H and O–H groups in total. The summed E-state index contributed by atoms with van der Waals surface area (Å²) < 4.78 is 22.4. The second kappa shape index (κ2) is 14.2. The molecule has 4 rings (SSSR count). The molecule has 1 aliphatic heterocycles. The van der Waals surface area contributed by atoms with Crippen LogP contribution in [0.25, 0.3) is 0 Å². The molecule has 0 bridgehead atoms. The van der Waals surface area contributed by atoms with Crippen molar-refractivity contribution >= 4 is 51.3 Å². The molecule has 0 aromatic heterocycles. The number of nitrogen functional groups attached to an aromatic ring is 1. The lowest BCUT2D eigenvalue weighted by Crippen LogP contribution is -2.47. The van der Waals surface area contributed by atoms with Crippen molar-refractivity contribution in [1.29, 1.82) is 0 Å². The first-order chi connectivity index (χ1) is 20.3. The van der Waals surface area contributed by atoms with Crippen molar-refractivity contribution in [2.45, 2.75) is 6.54 Å². The SMILES string of the molecule is COc1ccc(CN(C(=O)CSC(=S)N2CCN(c3ccc(N)cc3)CC2)c2cc(OC)c(OC)c(OC)c2)cc1O. The Bertz CT molecular complexity index is 1370. The molecular formula is C30H36N4O6S2. The van der Waals surface area contributed by atoms with Crippen LogP contribution in [0.3, 0.4) is 0 Å². The minimum atomic E-state index is -0.174. The summed E-state index contributed by atoms with van der Waals surface area (Å²) in [6.07, 6.45) is 0. The van der Waals surface area contributed by atoms with E-state index in [0.29, 0.717) is 38.6 Å². The second-order valence-corrected chi connectivity index (χ2v) is 11.1. The molecule has 1 heterocycles. The summed E-state index contributed by atoms with van der Waals surface area (Å²) >= 11 is 7.07. The Morgan fingerprint density at radius 2 is 1.52 bits per heavy atom. The van der Waals surface area contributed by atoms with E-state index in [9.17, 15) is 9.90 Å². The van der Waals surface area contributed by atoms with Crippen LogP contribution in [0.2, 0.25) is 0 Å². The number of anilines is 3. The van der Waals surface area contributed by atoms with Gasteiger partial charge in [0.05, 0.1) is 46.4 Å². The zero-order valence-corrected chi connectivity index (χ0v) is 25.8. The molecule has 0 spiro atoms. The standard InChI is InChI=1S/C30H36N4O6S2/c1-37-25-10-5-20(15-24(25)35)18-34(23-16-26(38-2)29(40-4)27(17-23)39-3)28(36)19-42-30(41)33-13-11-32(12-14-33)22-8-6-21(31)7-9-22/h5-10,15-17,35H,11-14,18-19,31H2,1-4H3. The molecule has 0 atom stereocenters. The summed E-state index contributed by atoms with van der Waals surface area (Å²) in [6.45, 7) is 3.33. The summed E-state index contributed by atoms with van der Waals surface area (Å²) in [5.74, 6) is 1.55. The summed E-state index contributed by atoms with van der Waals surface area (Å²) in [5, 5.41) is 10.3. The predicted molar refractivity (Wildman–Crippen MR) is 172 cm³/mol. The van der Waals surface area contributed by atoms with Gasteiger partial charge in [-0.1, -0.05) is 30.0 Å². The maximum Gasteiger partial charge on any atom is 0.237 e. The van der Waals surface area contributed by atoms with Gasteiger partial charge in [0.1, 0.15) is 4.32 Å². The molecule has 0 unspecified atom stereocenters. The third kappa shape index (κ3) is 7.24. The van der Waals surface area contributed by atoms with Crippen LogP contribution >= 0.6 is 24.0 Å². The molecule has 3 aromatic carbocycles. The van der Waals surface area contributed by atoms with Gasteiger partial charge >= 0.3 is 0 Å². The van der Waals surface area contributed by atoms with Crippen molar-refractivity contribution in [2.75, 3.05) is 75.9 Å². The van der Waals surface area contributed by atoms with E-state index in [0.717, 1.165) is 37.6 Å². The van der Waals surface area contributed by atoms with Gasteiger partial charge in [0.15, 0.2) is 23.0 Å². The summed E-state index contributed by atoms with van der Waals surface area (Å²) in [5.41, 5.74) is 8.95. The van der Waals surface area contributed by atoms with Gasteiger partial charge in [0, 0.05) is 49.7 Å². The highest BCUT2D eigenvalue weighted by Gasteiger charge is 2.24. The monoisotopic (exact) mass is 612 g/mol. The first kappa shape index (κ1) is 30.9. The van der Waals surface area contributed by atoms with Crippen LogP contribution < -0.4 is 34.5 Å². The van der Waals surface area contributed by atoms with Gasteiger partial charge in [-0.3, -0.25) is 4.79 Å². The Balaban J connectivity index is 1.49. The fourth-order valence-electron chi connectivity index (χ4n) is 4.69. The number of thiocarbonyl (C=S) groups is 1. The number of aromatic hydroxyl groups is 1. The number of piperazine rings is 1. The number of nitrogens with two attached hydrogens (primary N) is 1. The second-order valence-electron chi connectivity index (χ2n) is 9.49. The quantitative estimate of drug-likeness (QED) is 0.251. The number of hydrogen-bond acceptors (Lipinski definition) is 10. The van der Waals surface area contributed by atoms with Gasteiger partial charge in [-0.05, 0) is 42.0 Å². The zero-order valence-electron chi connectivity index (χ0n) is 24.2. The van der Waals surface area contributed by atoms with Crippen LogP contribution in [0.4, 0.5) is 17.1 Å². The number of methoxy groups -OCH3 is 4. The van der Waals surface area contributed by atoms with E-state index in [1.165, 1.54) is 40.2 Å². The van der Waals surface area contributed by atoms with Gasteiger partial charge in [-0.25, -0.2) is 0 Å². The molecule has 224 valence electrons. The lowest BCUT2D eigenvalue weighted by atomic mass is 10.1. The Labute approximate surface area is 255 Å². The Hall–Kier alpha value is -4.03. The number of rotatable bonds is 10. The largest absolute Gasteiger partial charge is 0.504 e. The van der Waals surface area contributed by atoms with Crippen molar-refractivity contribution in [2.24, 2.45) is 0 Å². The van der Waals surface area contributed by atoms with E-state index in [4.69, 9.17) is 36.9 Å². The van der Waals surface area contributed by atoms with Gasteiger partial charge < -0.3 is 44.5 Å². The van der Waals surface area contributed by atoms with Crippen molar-refractivity contribution in [3.8, 4) is 28.7 Å². The minimum Gasteiger partial charge on any atom is -0.504 e. The van der Waals surface area contributed by atoms with Gasteiger partial charge in [0.2, 0.25) is 11.7 Å². The van der Waals surface area contributed by atoms with Crippen molar-refractivity contribution in [3.63, 3.8) is 0 Å². The number of phenols is 1. The predicted octanol–water partition coefficient (Wildman–Crippen LogP) is 4.38. The molecule has 0 saturated carbocycles. The highest BCUT2D eigenvalue weighted by atomic mass is 32.2. The summed E-state index contributed by atoms with van der Waals surface area (Å²) in [4.78, 5) is 19.8. The molecule has 3 aromatic rings. The molecular weight excluding hydrogens is 576 g/mol. The lowest BCUT2D eigenvalue weighted by molar-refractivity contribution is -0.116. The minimum absolute atomic E-state index is 0.0130. The molecule has 0 radical (unpaired) electrons. The smallest absolute Gasteiger partial charge is 0.237 e. The zero-order chi connectivity index (χ0) is 30.2. The van der Waals surface area contributed by atoms with E-state index in [1.54, 1.807) is 35.2 Å². The number of phenolic OH excluding ortho intramolecular Hbond substituents is 1. The van der Waals surface area contributed by atoms with Gasteiger partial charge in [0.25, 0.3) is 0 Å². The molecule has 10 nitrogen and oxygen atoms in total. The van der Waals surface area contributed by atoms with Crippen molar-refractivity contribution in [3.05, 3.63) is 60.2 Å². The maximum absolute atomic E-state index is 13.8. The average Bonchev–Trinajstić information content (AvgIpc) is 3.02. The molecule has 42 heavy (non-hydrogen) atoms. The summed E-state index contributed by atoms with van der Waals surface area (Å²) in [6, 6.07) is 16.3. The van der Waals surface area contributed by atoms with E-state index >= 15 is 0 Å². The normalized spacial score (nSPS) is 13.0. The third-order valence-corrected chi connectivity index (χ3v) is 8.47. The Kier molecular flexibility index (Phi) is 10.5.